The third kappa shape index (κ3) is 2.83. The Morgan fingerprint density at radius 2 is 2.11 bits per heavy atom. The molecule has 4 atom stereocenters. The lowest BCUT2D eigenvalue weighted by molar-refractivity contribution is -0.934. The summed E-state index contributed by atoms with van der Waals surface area (Å²) in [7, 11) is 1.72. The number of nitrogens with one attached hydrogen (secondary N) is 1. The predicted molar refractivity (Wildman–Crippen MR) is 140 cm³/mol. The van der Waals surface area contributed by atoms with Crippen LogP contribution in [0.5, 0.6) is 5.75 Å². The first-order valence-electron chi connectivity index (χ1n) is 13.1. The van der Waals surface area contributed by atoms with Crippen LogP contribution in [0.4, 0.5) is 11.4 Å². The molecule has 7 heteroatoms. The standard InChI is InChI=1S/C30H29N3O4/c1-3-18-14-33(15-25(35)19-8-9-26-24(12-19)32(2)28(36)17-37-26)11-10-30-22-6-4-5-7-23(22)31-29(30)21(16-34)20(18)13-27(30)33/h3-9,12,16,20,27H,10-11,13-15,17H2,1-2H3/p+1/b18-3-/t20-,27-,30+,33-/m0/s1. The molecule has 1 amide bonds. The fraction of sp³-hybridized carbons (Fsp3) is 0.367. The molecule has 0 aromatic heterocycles. The Bertz CT molecular complexity index is 1460. The first kappa shape index (κ1) is 22.5. The van der Waals surface area contributed by atoms with E-state index in [0.29, 0.717) is 28.0 Å². The summed E-state index contributed by atoms with van der Waals surface area (Å²) in [6.45, 7) is 4.10. The Labute approximate surface area is 216 Å². The summed E-state index contributed by atoms with van der Waals surface area (Å²) in [5, 5.41) is 3.65. The largest absolute Gasteiger partial charge is 0.482 e. The van der Waals surface area contributed by atoms with Gasteiger partial charge in [-0.2, -0.15) is 0 Å². The summed E-state index contributed by atoms with van der Waals surface area (Å²) in [5.41, 5.74) is 6.51. The van der Waals surface area contributed by atoms with Crippen LogP contribution in [0, 0.1) is 5.92 Å². The summed E-state index contributed by atoms with van der Waals surface area (Å²) in [6.07, 6.45) is 4.99. The molecule has 4 heterocycles. The number of para-hydroxylation sites is 1. The van der Waals surface area contributed by atoms with Crippen LogP contribution in [0.3, 0.4) is 0 Å². The van der Waals surface area contributed by atoms with E-state index in [2.05, 4.69) is 29.6 Å². The summed E-state index contributed by atoms with van der Waals surface area (Å²) >= 11 is 0. The van der Waals surface area contributed by atoms with Crippen molar-refractivity contribution in [3.8, 4) is 5.75 Å². The molecule has 1 aliphatic carbocycles. The topological polar surface area (TPSA) is 75.7 Å². The van der Waals surface area contributed by atoms with Crippen LogP contribution < -0.4 is 15.0 Å². The smallest absolute Gasteiger partial charge is 0.264 e. The van der Waals surface area contributed by atoms with Crippen LogP contribution >= 0.6 is 0 Å². The first-order valence-corrected chi connectivity index (χ1v) is 13.1. The number of rotatable bonds is 4. The number of ether oxygens (including phenoxy) is 1. The minimum absolute atomic E-state index is 0.0159. The monoisotopic (exact) mass is 496 g/mol. The van der Waals surface area contributed by atoms with Gasteiger partial charge in [0.05, 0.1) is 17.6 Å². The Morgan fingerprint density at radius 1 is 1.27 bits per heavy atom. The molecule has 1 N–H and O–H groups in total. The second-order valence-electron chi connectivity index (χ2n) is 11.1. The van der Waals surface area contributed by atoms with Gasteiger partial charge in [0.25, 0.3) is 5.91 Å². The molecule has 2 fully saturated rings. The van der Waals surface area contributed by atoms with E-state index >= 15 is 0 Å². The Hall–Kier alpha value is -3.71. The highest BCUT2D eigenvalue weighted by atomic mass is 16.5. The van der Waals surface area contributed by atoms with Crippen molar-refractivity contribution in [2.24, 2.45) is 5.92 Å². The number of ketones is 1. The number of amides is 1. The van der Waals surface area contributed by atoms with Gasteiger partial charge in [0.15, 0.2) is 6.61 Å². The van der Waals surface area contributed by atoms with Crippen molar-refractivity contribution in [2.75, 3.05) is 43.5 Å². The number of allylic oxidation sites excluding steroid dienone is 2. The molecule has 0 radical (unpaired) electrons. The molecule has 2 aromatic carbocycles. The molecule has 188 valence electrons. The van der Waals surface area contributed by atoms with Crippen molar-refractivity contribution in [1.29, 1.82) is 0 Å². The molecule has 7 nitrogen and oxygen atoms in total. The van der Waals surface area contributed by atoms with Gasteiger partial charge < -0.3 is 19.4 Å². The number of likely N-dealkylation sites (N-methyl/N-ethyl adjacent to an activating group) is 1. The van der Waals surface area contributed by atoms with Crippen molar-refractivity contribution in [2.45, 2.75) is 31.2 Å². The number of aldehydes is 1. The lowest BCUT2D eigenvalue weighted by atomic mass is 9.61. The second-order valence-corrected chi connectivity index (χ2v) is 11.1. The highest BCUT2D eigenvalue weighted by Gasteiger charge is 2.68. The van der Waals surface area contributed by atoms with Crippen molar-refractivity contribution < 1.29 is 23.6 Å². The summed E-state index contributed by atoms with van der Waals surface area (Å²) < 4.78 is 6.26. The maximum atomic E-state index is 13.9. The van der Waals surface area contributed by atoms with Crippen LogP contribution in [-0.4, -0.2) is 61.8 Å². The number of hydrogen-bond acceptors (Lipinski definition) is 5. The molecule has 0 saturated carbocycles. The fourth-order valence-corrected chi connectivity index (χ4v) is 7.95. The molecule has 2 aromatic rings. The quantitative estimate of drug-likeness (QED) is 0.303. The summed E-state index contributed by atoms with van der Waals surface area (Å²) in [4.78, 5) is 40.1. The van der Waals surface area contributed by atoms with E-state index in [4.69, 9.17) is 4.74 Å². The molecule has 2 bridgehead atoms. The number of nitrogens with zero attached hydrogens (tertiary/aromatic N) is 2. The van der Waals surface area contributed by atoms with E-state index in [-0.39, 0.29) is 35.7 Å². The van der Waals surface area contributed by atoms with Gasteiger partial charge in [0.2, 0.25) is 5.78 Å². The molecule has 7 rings (SSSR count). The zero-order valence-corrected chi connectivity index (χ0v) is 21.1. The molecular weight excluding hydrogens is 466 g/mol. The van der Waals surface area contributed by atoms with Crippen molar-refractivity contribution in [3.63, 3.8) is 0 Å². The number of carbonyl (C=O) groups excluding carboxylic acids is 3. The van der Waals surface area contributed by atoms with Gasteiger partial charge in [-0.1, -0.05) is 24.3 Å². The third-order valence-corrected chi connectivity index (χ3v) is 9.69. The van der Waals surface area contributed by atoms with E-state index in [9.17, 15) is 14.4 Å². The van der Waals surface area contributed by atoms with E-state index in [1.807, 2.05) is 19.1 Å². The average Bonchev–Trinajstić information content (AvgIpc) is 3.44. The lowest BCUT2D eigenvalue weighted by Gasteiger charge is -2.53. The number of benzene rings is 2. The van der Waals surface area contributed by atoms with Gasteiger partial charge in [-0.05, 0) is 42.3 Å². The molecule has 1 spiro atoms. The van der Waals surface area contributed by atoms with E-state index < -0.39 is 0 Å². The first-order chi connectivity index (χ1) is 17.9. The lowest BCUT2D eigenvalue weighted by Crippen LogP contribution is -2.64. The zero-order chi connectivity index (χ0) is 25.5. The maximum absolute atomic E-state index is 13.9. The number of hydrogen-bond donors (Lipinski definition) is 1. The molecule has 0 unspecified atom stereocenters. The SMILES string of the molecule is C/C=C1/C[N@+]2(CC(=O)c3ccc4c(c3)N(C)C(=O)CO4)CC[C@]34C(=C(C=O)[C@H]1C[C@@H]32)Nc1ccccc14. The van der Waals surface area contributed by atoms with Gasteiger partial charge in [-0.3, -0.25) is 14.4 Å². The average molecular weight is 497 g/mol. The number of quaternary nitrogens is 1. The van der Waals surface area contributed by atoms with Crippen molar-refractivity contribution in [3.05, 3.63) is 76.5 Å². The Morgan fingerprint density at radius 3 is 2.92 bits per heavy atom. The van der Waals surface area contributed by atoms with Crippen LogP contribution in [-0.2, 0) is 15.0 Å². The summed E-state index contributed by atoms with van der Waals surface area (Å²) in [5.74, 6) is 0.670. The minimum atomic E-state index is -0.265. The molecule has 2 saturated heterocycles. The number of fused-ring (bicyclic) bond motifs is 3. The van der Waals surface area contributed by atoms with Gasteiger partial charge in [-0.15, -0.1) is 0 Å². The van der Waals surface area contributed by atoms with Crippen molar-refractivity contribution in [1.82, 2.24) is 0 Å². The zero-order valence-electron chi connectivity index (χ0n) is 21.1. The van der Waals surface area contributed by atoms with Gasteiger partial charge in [-0.25, -0.2) is 0 Å². The van der Waals surface area contributed by atoms with Gasteiger partial charge in [0, 0.05) is 48.3 Å². The van der Waals surface area contributed by atoms with Crippen LogP contribution in [0.15, 0.2) is 65.4 Å². The fourth-order valence-electron chi connectivity index (χ4n) is 7.95. The van der Waals surface area contributed by atoms with Crippen LogP contribution in [0.1, 0.15) is 35.7 Å². The Balaban J connectivity index is 1.32. The molecule has 5 aliphatic rings. The minimum Gasteiger partial charge on any atom is -0.482 e. The predicted octanol–water partition coefficient (Wildman–Crippen LogP) is 3.61. The van der Waals surface area contributed by atoms with E-state index in [1.165, 1.54) is 11.1 Å². The molecule has 4 aliphatic heterocycles. The maximum Gasteiger partial charge on any atom is 0.264 e. The normalized spacial score (nSPS) is 31.9. The van der Waals surface area contributed by atoms with Crippen LogP contribution in [0.25, 0.3) is 0 Å². The third-order valence-electron chi connectivity index (χ3n) is 9.69. The number of Topliss-reactive ketones (excluding diaryl/α,β-unsaturated/α-hetero) is 1. The number of piperidine rings is 1. The van der Waals surface area contributed by atoms with Crippen molar-refractivity contribution >= 4 is 29.4 Å². The highest BCUT2D eigenvalue weighted by molar-refractivity contribution is 6.02. The number of carbonyl (C=O) groups is 3. The van der Waals surface area contributed by atoms with Gasteiger partial charge >= 0.3 is 0 Å². The summed E-state index contributed by atoms with van der Waals surface area (Å²) in [6, 6.07) is 14.0. The molecular formula is C30H30N3O4+. The number of anilines is 2. The van der Waals surface area contributed by atoms with E-state index in [0.717, 1.165) is 49.2 Å². The Kier molecular flexibility index (Phi) is 4.65. The highest BCUT2D eigenvalue weighted by Crippen LogP contribution is 2.63. The van der Waals surface area contributed by atoms with Crippen LogP contribution in [0.2, 0.25) is 0 Å². The van der Waals surface area contributed by atoms with Gasteiger partial charge in [0.1, 0.15) is 31.2 Å². The second kappa shape index (κ2) is 7.65. The van der Waals surface area contributed by atoms with E-state index in [1.54, 1.807) is 24.1 Å². The molecule has 37 heavy (non-hydrogen) atoms.